The standard InChI is InChI=1S/C13H21N3O3S.ClH/c1-9(2)6-12(14)13(17)16-8-10-4-3-5-11(7-10)20(15,18)19;/h3-5,7,9,12H,6,8,14H2,1-2H3,(H,16,17)(H2,15,18,19);1H/t12-;/m0./s1. The molecule has 0 spiro atoms. The molecule has 1 aromatic carbocycles. The van der Waals surface area contributed by atoms with Crippen LogP contribution in [0.2, 0.25) is 0 Å². The van der Waals surface area contributed by atoms with Crippen LogP contribution in [0.4, 0.5) is 0 Å². The van der Waals surface area contributed by atoms with Gasteiger partial charge in [0.2, 0.25) is 15.9 Å². The zero-order valence-corrected chi connectivity index (χ0v) is 13.7. The maximum atomic E-state index is 11.8. The molecular formula is C13H22ClN3O3S. The van der Waals surface area contributed by atoms with Crippen LogP contribution in [0, 0.1) is 5.92 Å². The average Bonchev–Trinajstić information content (AvgIpc) is 2.34. The molecule has 1 atom stereocenters. The molecule has 6 nitrogen and oxygen atoms in total. The molecule has 0 saturated carbocycles. The van der Waals surface area contributed by atoms with E-state index in [1.165, 1.54) is 12.1 Å². The number of halogens is 1. The lowest BCUT2D eigenvalue weighted by molar-refractivity contribution is -0.122. The number of benzene rings is 1. The first-order chi connectivity index (χ1) is 9.20. The fourth-order valence-corrected chi connectivity index (χ4v) is 2.35. The Morgan fingerprint density at radius 2 is 1.95 bits per heavy atom. The van der Waals surface area contributed by atoms with Crippen LogP contribution >= 0.6 is 12.4 Å². The molecule has 0 saturated heterocycles. The Hall–Kier alpha value is -1.15. The molecule has 0 aliphatic rings. The summed E-state index contributed by atoms with van der Waals surface area (Å²) in [5.74, 6) is 0.0844. The lowest BCUT2D eigenvalue weighted by Gasteiger charge is -2.14. The van der Waals surface area contributed by atoms with Crippen LogP contribution in [0.3, 0.4) is 0 Å². The van der Waals surface area contributed by atoms with Crippen molar-refractivity contribution in [1.82, 2.24) is 5.32 Å². The summed E-state index contributed by atoms with van der Waals surface area (Å²) in [6.07, 6.45) is 0.600. The predicted molar refractivity (Wildman–Crippen MR) is 84.3 cm³/mol. The van der Waals surface area contributed by atoms with Crippen molar-refractivity contribution in [1.29, 1.82) is 0 Å². The monoisotopic (exact) mass is 335 g/mol. The van der Waals surface area contributed by atoms with Gasteiger partial charge in [-0.1, -0.05) is 26.0 Å². The molecule has 0 aliphatic heterocycles. The van der Waals surface area contributed by atoms with Gasteiger partial charge in [0.15, 0.2) is 0 Å². The molecule has 21 heavy (non-hydrogen) atoms. The van der Waals surface area contributed by atoms with E-state index in [2.05, 4.69) is 5.32 Å². The highest BCUT2D eigenvalue weighted by atomic mass is 35.5. The van der Waals surface area contributed by atoms with Crippen molar-refractivity contribution in [2.24, 2.45) is 16.8 Å². The molecule has 8 heteroatoms. The second kappa shape index (κ2) is 8.33. The first-order valence-electron chi connectivity index (χ1n) is 6.35. The molecule has 0 bridgehead atoms. The van der Waals surface area contributed by atoms with Gasteiger partial charge in [-0.15, -0.1) is 12.4 Å². The number of hydrogen-bond donors (Lipinski definition) is 3. The van der Waals surface area contributed by atoms with Crippen molar-refractivity contribution in [3.8, 4) is 0 Å². The summed E-state index contributed by atoms with van der Waals surface area (Å²) < 4.78 is 22.4. The molecule has 5 N–H and O–H groups in total. The van der Waals surface area contributed by atoms with Gasteiger partial charge in [0, 0.05) is 6.54 Å². The first kappa shape index (κ1) is 19.9. The van der Waals surface area contributed by atoms with Crippen molar-refractivity contribution in [3.63, 3.8) is 0 Å². The van der Waals surface area contributed by atoms with Gasteiger partial charge in [-0.25, -0.2) is 13.6 Å². The molecular weight excluding hydrogens is 314 g/mol. The first-order valence-corrected chi connectivity index (χ1v) is 7.90. The zero-order valence-electron chi connectivity index (χ0n) is 12.1. The van der Waals surface area contributed by atoms with Crippen molar-refractivity contribution in [2.45, 2.75) is 37.8 Å². The number of nitrogens with two attached hydrogens (primary N) is 2. The van der Waals surface area contributed by atoms with Crippen LogP contribution in [0.5, 0.6) is 0 Å². The zero-order chi connectivity index (χ0) is 15.3. The van der Waals surface area contributed by atoms with Crippen molar-refractivity contribution in [3.05, 3.63) is 29.8 Å². The Labute approximate surface area is 131 Å². The van der Waals surface area contributed by atoms with E-state index < -0.39 is 16.1 Å². The van der Waals surface area contributed by atoms with E-state index in [1.54, 1.807) is 12.1 Å². The van der Waals surface area contributed by atoms with Gasteiger partial charge in [0.05, 0.1) is 10.9 Å². The number of hydrogen-bond acceptors (Lipinski definition) is 4. The Bertz CT molecular complexity index is 576. The van der Waals surface area contributed by atoms with Gasteiger partial charge in [0.25, 0.3) is 0 Å². The van der Waals surface area contributed by atoms with Crippen molar-refractivity contribution in [2.75, 3.05) is 0 Å². The number of carbonyl (C=O) groups is 1. The highest BCUT2D eigenvalue weighted by Crippen LogP contribution is 2.10. The normalized spacial score (nSPS) is 12.6. The summed E-state index contributed by atoms with van der Waals surface area (Å²) in [5, 5.41) is 7.73. The van der Waals surface area contributed by atoms with Crippen LogP contribution < -0.4 is 16.2 Å². The summed E-state index contributed by atoms with van der Waals surface area (Å²) in [7, 11) is -3.73. The maximum Gasteiger partial charge on any atom is 0.238 e. The smallest absolute Gasteiger partial charge is 0.238 e. The van der Waals surface area contributed by atoms with Crippen LogP contribution in [-0.4, -0.2) is 20.4 Å². The number of amides is 1. The number of carbonyl (C=O) groups excluding carboxylic acids is 1. The van der Waals surface area contributed by atoms with E-state index in [0.29, 0.717) is 17.9 Å². The molecule has 1 rings (SSSR count). The van der Waals surface area contributed by atoms with Gasteiger partial charge < -0.3 is 11.1 Å². The van der Waals surface area contributed by atoms with E-state index >= 15 is 0 Å². The van der Waals surface area contributed by atoms with Gasteiger partial charge in [-0.3, -0.25) is 4.79 Å². The van der Waals surface area contributed by atoms with Crippen LogP contribution in [-0.2, 0) is 21.4 Å². The van der Waals surface area contributed by atoms with Crippen LogP contribution in [0.15, 0.2) is 29.2 Å². The molecule has 0 aliphatic carbocycles. The minimum Gasteiger partial charge on any atom is -0.351 e. The molecule has 0 radical (unpaired) electrons. The molecule has 120 valence electrons. The van der Waals surface area contributed by atoms with Gasteiger partial charge in [-0.2, -0.15) is 0 Å². The lowest BCUT2D eigenvalue weighted by Crippen LogP contribution is -2.41. The van der Waals surface area contributed by atoms with Gasteiger partial charge in [-0.05, 0) is 30.0 Å². The SMILES string of the molecule is CC(C)C[C@H](N)C(=O)NCc1cccc(S(N)(=O)=O)c1.Cl. The molecule has 0 unspecified atom stereocenters. The molecule has 1 aromatic rings. The molecule has 0 aromatic heterocycles. The highest BCUT2D eigenvalue weighted by Gasteiger charge is 2.15. The summed E-state index contributed by atoms with van der Waals surface area (Å²) in [6.45, 7) is 4.19. The van der Waals surface area contributed by atoms with Crippen LogP contribution in [0.25, 0.3) is 0 Å². The molecule has 0 heterocycles. The third kappa shape index (κ3) is 6.90. The van der Waals surface area contributed by atoms with E-state index in [-0.39, 0.29) is 29.8 Å². The molecule has 1 amide bonds. The highest BCUT2D eigenvalue weighted by molar-refractivity contribution is 7.89. The summed E-state index contributed by atoms with van der Waals surface area (Å²) in [5.41, 5.74) is 6.41. The fourth-order valence-electron chi connectivity index (χ4n) is 1.77. The number of rotatable bonds is 6. The maximum absolute atomic E-state index is 11.8. The van der Waals surface area contributed by atoms with Crippen LogP contribution in [0.1, 0.15) is 25.8 Å². The quantitative estimate of drug-likeness (QED) is 0.711. The number of nitrogens with one attached hydrogen (secondary N) is 1. The average molecular weight is 336 g/mol. The minimum atomic E-state index is -3.73. The van der Waals surface area contributed by atoms with Gasteiger partial charge >= 0.3 is 0 Å². The fraction of sp³-hybridized carbons (Fsp3) is 0.462. The van der Waals surface area contributed by atoms with E-state index in [9.17, 15) is 13.2 Å². The third-order valence-electron chi connectivity index (χ3n) is 2.76. The number of primary sulfonamides is 1. The van der Waals surface area contributed by atoms with Gasteiger partial charge in [0.1, 0.15) is 0 Å². The van der Waals surface area contributed by atoms with Crippen molar-refractivity contribution >= 4 is 28.3 Å². The Kier molecular flexibility index (Phi) is 7.87. The third-order valence-corrected chi connectivity index (χ3v) is 3.67. The summed E-state index contributed by atoms with van der Waals surface area (Å²) in [6, 6.07) is 5.57. The summed E-state index contributed by atoms with van der Waals surface area (Å²) >= 11 is 0. The minimum absolute atomic E-state index is 0. The Balaban J connectivity index is 0.00000400. The Morgan fingerprint density at radius 3 is 2.48 bits per heavy atom. The Morgan fingerprint density at radius 1 is 1.33 bits per heavy atom. The lowest BCUT2D eigenvalue weighted by atomic mass is 10.0. The molecule has 0 fully saturated rings. The summed E-state index contributed by atoms with van der Waals surface area (Å²) in [4.78, 5) is 11.8. The van der Waals surface area contributed by atoms with Crippen molar-refractivity contribution < 1.29 is 13.2 Å². The topological polar surface area (TPSA) is 115 Å². The number of sulfonamides is 1. The van der Waals surface area contributed by atoms with E-state index in [4.69, 9.17) is 10.9 Å². The van der Waals surface area contributed by atoms with E-state index in [0.717, 1.165) is 0 Å². The second-order valence-corrected chi connectivity index (χ2v) is 6.71. The largest absolute Gasteiger partial charge is 0.351 e. The second-order valence-electron chi connectivity index (χ2n) is 5.15. The van der Waals surface area contributed by atoms with E-state index in [1.807, 2.05) is 13.8 Å². The predicted octanol–water partition coefficient (Wildman–Crippen LogP) is 0.745.